The zero-order chi connectivity index (χ0) is 13.5. The highest BCUT2D eigenvalue weighted by Gasteiger charge is 2.15. The Hall–Kier alpha value is -1.64. The van der Waals surface area contributed by atoms with Gasteiger partial charge in [0.25, 0.3) is 0 Å². The number of hydrogen-bond acceptors (Lipinski definition) is 2. The van der Waals surface area contributed by atoms with Crippen molar-refractivity contribution in [3.63, 3.8) is 0 Å². The van der Waals surface area contributed by atoms with Gasteiger partial charge in [0.1, 0.15) is 0 Å². The minimum atomic E-state index is 0.201. The van der Waals surface area contributed by atoms with Crippen LogP contribution in [-0.4, -0.2) is 19.8 Å². The maximum absolute atomic E-state index is 5.21. The van der Waals surface area contributed by atoms with E-state index >= 15 is 0 Å². The number of rotatable bonds is 6. The molecule has 0 aliphatic rings. The molecule has 0 radical (unpaired) electrons. The molecule has 0 aliphatic heterocycles. The predicted molar refractivity (Wildman–Crippen MR) is 79.2 cm³/mol. The molecule has 1 atom stereocenters. The van der Waals surface area contributed by atoms with E-state index in [1.54, 1.807) is 7.11 Å². The summed E-state index contributed by atoms with van der Waals surface area (Å²) in [4.78, 5) is 0. The molecule has 0 amide bonds. The van der Waals surface area contributed by atoms with Crippen molar-refractivity contribution in [1.29, 1.82) is 0 Å². The molecule has 0 aliphatic carbocycles. The first-order valence-corrected chi connectivity index (χ1v) is 6.66. The smallest absolute Gasteiger partial charge is 0.0613 e. The Bertz CT molecular complexity index is 430. The highest BCUT2D eigenvalue weighted by atomic mass is 16.5. The molecule has 1 unspecified atom stereocenters. The van der Waals surface area contributed by atoms with Crippen molar-refractivity contribution in [3.05, 3.63) is 71.8 Å². The average Bonchev–Trinajstić information content (AvgIpc) is 2.47. The Labute approximate surface area is 115 Å². The van der Waals surface area contributed by atoms with Crippen LogP contribution in [0.3, 0.4) is 0 Å². The van der Waals surface area contributed by atoms with Crippen LogP contribution in [0.15, 0.2) is 60.7 Å². The van der Waals surface area contributed by atoms with Gasteiger partial charge >= 0.3 is 0 Å². The molecule has 2 aromatic carbocycles. The van der Waals surface area contributed by atoms with E-state index in [1.807, 2.05) is 12.1 Å². The number of hydrogen-bond donors (Lipinski definition) is 1. The van der Waals surface area contributed by atoms with Crippen LogP contribution >= 0.6 is 0 Å². The Morgan fingerprint density at radius 1 is 0.895 bits per heavy atom. The molecule has 1 N–H and O–H groups in total. The summed E-state index contributed by atoms with van der Waals surface area (Å²) in [5.41, 5.74) is 2.55. The monoisotopic (exact) mass is 255 g/mol. The van der Waals surface area contributed by atoms with Gasteiger partial charge in [0.2, 0.25) is 0 Å². The lowest BCUT2D eigenvalue weighted by atomic mass is 9.98. The summed E-state index contributed by atoms with van der Waals surface area (Å²) in [5.74, 6) is 0. The van der Waals surface area contributed by atoms with E-state index in [9.17, 15) is 0 Å². The molecule has 0 bridgehead atoms. The predicted octanol–water partition coefficient (Wildman–Crippen LogP) is 3.40. The highest BCUT2D eigenvalue weighted by Crippen LogP contribution is 2.22. The lowest BCUT2D eigenvalue weighted by Gasteiger charge is -2.24. The fourth-order valence-corrected chi connectivity index (χ4v) is 2.26. The van der Waals surface area contributed by atoms with Gasteiger partial charge in [-0.3, -0.25) is 0 Å². The molecule has 100 valence electrons. The third kappa shape index (κ3) is 3.91. The van der Waals surface area contributed by atoms with Crippen molar-refractivity contribution in [2.75, 3.05) is 13.7 Å². The Balaban J connectivity index is 2.24. The van der Waals surface area contributed by atoms with Gasteiger partial charge in [-0.15, -0.1) is 0 Å². The number of ether oxygens (including phenoxy) is 1. The molecule has 19 heavy (non-hydrogen) atoms. The summed E-state index contributed by atoms with van der Waals surface area (Å²) < 4.78 is 5.21. The fraction of sp³-hybridized carbons (Fsp3) is 0.294. The average molecular weight is 255 g/mol. The molecule has 0 aromatic heterocycles. The van der Waals surface area contributed by atoms with E-state index in [-0.39, 0.29) is 6.04 Å². The van der Waals surface area contributed by atoms with Gasteiger partial charge in [-0.1, -0.05) is 60.7 Å². The highest BCUT2D eigenvalue weighted by molar-refractivity contribution is 5.31. The summed E-state index contributed by atoms with van der Waals surface area (Å²) >= 11 is 0. The molecule has 0 saturated carbocycles. The second kappa shape index (κ2) is 7.07. The van der Waals surface area contributed by atoms with Crippen LogP contribution in [0.1, 0.15) is 24.1 Å². The molecular formula is C17H21NO. The van der Waals surface area contributed by atoms with Crippen LogP contribution in [-0.2, 0) is 4.74 Å². The standard InChI is InChI=1S/C17H21NO/c1-14(13-19-2)18-17(15-9-5-3-6-10-15)16-11-7-4-8-12-16/h3-12,14,17-18H,13H2,1-2H3. The van der Waals surface area contributed by atoms with Crippen LogP contribution in [0.5, 0.6) is 0 Å². The SMILES string of the molecule is COCC(C)NC(c1ccccc1)c1ccccc1. The second-order valence-electron chi connectivity index (χ2n) is 4.78. The lowest BCUT2D eigenvalue weighted by molar-refractivity contribution is 0.169. The van der Waals surface area contributed by atoms with Gasteiger partial charge in [-0.05, 0) is 18.1 Å². The van der Waals surface area contributed by atoms with E-state index in [1.165, 1.54) is 11.1 Å². The molecule has 2 aromatic rings. The molecule has 2 rings (SSSR count). The van der Waals surface area contributed by atoms with Crippen LogP contribution in [0, 0.1) is 0 Å². The van der Waals surface area contributed by atoms with E-state index in [2.05, 4.69) is 60.8 Å². The van der Waals surface area contributed by atoms with Gasteiger partial charge in [-0.2, -0.15) is 0 Å². The zero-order valence-corrected chi connectivity index (χ0v) is 11.5. The van der Waals surface area contributed by atoms with E-state index < -0.39 is 0 Å². The summed E-state index contributed by atoms with van der Waals surface area (Å²) in [5, 5.41) is 3.63. The van der Waals surface area contributed by atoms with Crippen molar-refractivity contribution in [2.24, 2.45) is 0 Å². The maximum atomic E-state index is 5.21. The fourth-order valence-electron chi connectivity index (χ4n) is 2.26. The van der Waals surface area contributed by atoms with Crippen molar-refractivity contribution in [3.8, 4) is 0 Å². The Morgan fingerprint density at radius 2 is 1.37 bits per heavy atom. The molecular weight excluding hydrogens is 234 g/mol. The van der Waals surface area contributed by atoms with E-state index in [0.717, 1.165) is 0 Å². The second-order valence-corrected chi connectivity index (χ2v) is 4.78. The zero-order valence-electron chi connectivity index (χ0n) is 11.5. The molecule has 2 nitrogen and oxygen atoms in total. The maximum Gasteiger partial charge on any atom is 0.0613 e. The quantitative estimate of drug-likeness (QED) is 0.854. The topological polar surface area (TPSA) is 21.3 Å². The third-order valence-electron chi connectivity index (χ3n) is 3.13. The summed E-state index contributed by atoms with van der Waals surface area (Å²) in [6, 6.07) is 21.5. The number of nitrogens with one attached hydrogen (secondary N) is 1. The van der Waals surface area contributed by atoms with Crippen molar-refractivity contribution in [2.45, 2.75) is 19.0 Å². The lowest BCUT2D eigenvalue weighted by Crippen LogP contribution is -2.34. The Kier molecular flexibility index (Phi) is 5.13. The number of benzene rings is 2. The largest absolute Gasteiger partial charge is 0.383 e. The van der Waals surface area contributed by atoms with Gasteiger partial charge in [0.15, 0.2) is 0 Å². The third-order valence-corrected chi connectivity index (χ3v) is 3.13. The molecule has 2 heteroatoms. The summed E-state index contributed by atoms with van der Waals surface area (Å²) in [6.45, 7) is 2.85. The summed E-state index contributed by atoms with van der Waals surface area (Å²) in [7, 11) is 1.73. The van der Waals surface area contributed by atoms with Crippen molar-refractivity contribution < 1.29 is 4.74 Å². The first kappa shape index (κ1) is 13.8. The van der Waals surface area contributed by atoms with Crippen molar-refractivity contribution in [1.82, 2.24) is 5.32 Å². The molecule has 0 saturated heterocycles. The van der Waals surface area contributed by atoms with Gasteiger partial charge in [0, 0.05) is 13.2 Å². The van der Waals surface area contributed by atoms with Gasteiger partial charge in [0.05, 0.1) is 12.6 Å². The Morgan fingerprint density at radius 3 is 1.79 bits per heavy atom. The minimum Gasteiger partial charge on any atom is -0.383 e. The minimum absolute atomic E-state index is 0.201. The summed E-state index contributed by atoms with van der Waals surface area (Å²) in [6.07, 6.45) is 0. The normalized spacial score (nSPS) is 12.6. The molecule has 0 spiro atoms. The van der Waals surface area contributed by atoms with Crippen LogP contribution < -0.4 is 5.32 Å². The van der Waals surface area contributed by atoms with Crippen LogP contribution in [0.25, 0.3) is 0 Å². The van der Waals surface area contributed by atoms with Crippen LogP contribution in [0.4, 0.5) is 0 Å². The van der Waals surface area contributed by atoms with Gasteiger partial charge in [-0.25, -0.2) is 0 Å². The van der Waals surface area contributed by atoms with Crippen molar-refractivity contribution >= 4 is 0 Å². The number of methoxy groups -OCH3 is 1. The first-order valence-electron chi connectivity index (χ1n) is 6.66. The molecule has 0 heterocycles. The first-order chi connectivity index (χ1) is 9.31. The molecule has 0 fully saturated rings. The van der Waals surface area contributed by atoms with Crippen LogP contribution in [0.2, 0.25) is 0 Å². The van der Waals surface area contributed by atoms with E-state index in [4.69, 9.17) is 4.74 Å². The van der Waals surface area contributed by atoms with Gasteiger partial charge < -0.3 is 10.1 Å². The van der Waals surface area contributed by atoms with E-state index in [0.29, 0.717) is 12.6 Å².